The van der Waals surface area contributed by atoms with Crippen molar-refractivity contribution >= 4 is 33.6 Å². The molecule has 0 bridgehead atoms. The molecule has 8 rings (SSSR count). The lowest BCUT2D eigenvalue weighted by molar-refractivity contribution is 0.669. The van der Waals surface area contributed by atoms with Crippen LogP contribution in [0.25, 0.3) is 44.2 Å². The van der Waals surface area contributed by atoms with Gasteiger partial charge < -0.3 is 9.73 Å². The lowest BCUT2D eigenvalue weighted by atomic mass is 9.93. The molecule has 1 aliphatic rings. The quantitative estimate of drug-likeness (QED) is 0.231. The molecule has 4 heteroatoms. The smallest absolute Gasteiger partial charge is 0.170 e. The highest BCUT2D eigenvalue weighted by molar-refractivity contribution is 6.16. The fraction of sp³-hybridized carbons (Fsp3) is 0.0256. The van der Waals surface area contributed by atoms with Crippen LogP contribution in [-0.4, -0.2) is 11.7 Å². The molecule has 0 saturated heterocycles. The van der Waals surface area contributed by atoms with Crippen LogP contribution < -0.4 is 5.32 Å². The van der Waals surface area contributed by atoms with E-state index < -0.39 is 6.17 Å². The highest BCUT2D eigenvalue weighted by atomic mass is 16.3. The molecule has 2 heterocycles. The van der Waals surface area contributed by atoms with Crippen molar-refractivity contribution in [1.82, 2.24) is 5.32 Å². The number of nitrogens with one attached hydrogen (secondary N) is 1. The summed E-state index contributed by atoms with van der Waals surface area (Å²) in [6, 6.07) is 52.1. The van der Waals surface area contributed by atoms with Gasteiger partial charge in [-0.05, 0) is 40.5 Å². The average Bonchev–Trinajstić information content (AvgIpc) is 3.47. The molecule has 1 aliphatic heterocycles. The van der Waals surface area contributed by atoms with Crippen molar-refractivity contribution in [3.05, 3.63) is 168 Å². The third kappa shape index (κ3) is 4.59. The minimum atomic E-state index is -0.434. The maximum atomic E-state index is 6.38. The summed E-state index contributed by atoms with van der Waals surface area (Å²) < 4.78 is 6.38. The zero-order valence-electron chi connectivity index (χ0n) is 23.3. The summed E-state index contributed by atoms with van der Waals surface area (Å²) in [5.41, 5.74) is 9.32. The minimum absolute atomic E-state index is 0.434. The summed E-state index contributed by atoms with van der Waals surface area (Å²) in [4.78, 5) is 10.3. The van der Waals surface area contributed by atoms with Gasteiger partial charge in [-0.1, -0.05) is 133 Å². The fourth-order valence-corrected chi connectivity index (χ4v) is 5.90. The van der Waals surface area contributed by atoms with Gasteiger partial charge in [-0.25, -0.2) is 9.98 Å². The Morgan fingerprint density at radius 1 is 0.465 bits per heavy atom. The Bertz CT molecular complexity index is 2090. The lowest BCUT2D eigenvalue weighted by Gasteiger charge is -2.24. The molecule has 0 fully saturated rings. The summed E-state index contributed by atoms with van der Waals surface area (Å²) in [6.07, 6.45) is -0.434. The van der Waals surface area contributed by atoms with Crippen molar-refractivity contribution < 1.29 is 4.42 Å². The van der Waals surface area contributed by atoms with Crippen LogP contribution in [0.2, 0.25) is 0 Å². The molecule has 0 atom stereocenters. The summed E-state index contributed by atoms with van der Waals surface area (Å²) in [5.74, 6) is 1.60. The van der Waals surface area contributed by atoms with Crippen LogP contribution in [0.1, 0.15) is 22.9 Å². The molecule has 43 heavy (non-hydrogen) atoms. The van der Waals surface area contributed by atoms with E-state index in [4.69, 9.17) is 14.4 Å². The van der Waals surface area contributed by atoms with Crippen molar-refractivity contribution in [3.8, 4) is 22.3 Å². The summed E-state index contributed by atoms with van der Waals surface area (Å²) in [7, 11) is 0. The number of nitrogens with zero attached hydrogens (tertiary/aromatic N) is 2. The molecule has 1 N–H and O–H groups in total. The first kappa shape index (κ1) is 25.0. The van der Waals surface area contributed by atoms with E-state index in [-0.39, 0.29) is 0 Å². The summed E-state index contributed by atoms with van der Waals surface area (Å²) in [6.45, 7) is 0. The number of hydrogen-bond acceptors (Lipinski definition) is 4. The Kier molecular flexibility index (Phi) is 6.16. The second-order valence-electron chi connectivity index (χ2n) is 10.6. The molecule has 204 valence electrons. The van der Waals surface area contributed by atoms with Crippen molar-refractivity contribution in [2.75, 3.05) is 0 Å². The maximum absolute atomic E-state index is 6.38. The lowest BCUT2D eigenvalue weighted by Crippen LogP contribution is -2.36. The number of amidine groups is 2. The highest BCUT2D eigenvalue weighted by Crippen LogP contribution is 2.41. The Labute approximate surface area is 249 Å². The van der Waals surface area contributed by atoms with Crippen molar-refractivity contribution in [2.24, 2.45) is 9.98 Å². The molecular formula is C39H27N3O. The normalized spacial score (nSPS) is 13.5. The second kappa shape index (κ2) is 10.6. The van der Waals surface area contributed by atoms with Crippen molar-refractivity contribution in [2.45, 2.75) is 6.17 Å². The van der Waals surface area contributed by atoms with Gasteiger partial charge in [0.05, 0.1) is 0 Å². The molecule has 6 aromatic carbocycles. The number of furan rings is 1. The van der Waals surface area contributed by atoms with Gasteiger partial charge in [-0.3, -0.25) is 0 Å². The topological polar surface area (TPSA) is 49.9 Å². The summed E-state index contributed by atoms with van der Waals surface area (Å²) in [5, 5.41) is 5.69. The Morgan fingerprint density at radius 2 is 1.05 bits per heavy atom. The molecule has 0 spiro atoms. The minimum Gasteiger partial charge on any atom is -0.456 e. The number of fused-ring (bicyclic) bond motifs is 3. The number of rotatable bonds is 5. The highest BCUT2D eigenvalue weighted by Gasteiger charge is 2.24. The van der Waals surface area contributed by atoms with E-state index in [2.05, 4.69) is 108 Å². The van der Waals surface area contributed by atoms with Crippen LogP contribution in [0.3, 0.4) is 0 Å². The number of benzene rings is 6. The van der Waals surface area contributed by atoms with E-state index in [0.29, 0.717) is 0 Å². The van der Waals surface area contributed by atoms with Gasteiger partial charge >= 0.3 is 0 Å². The predicted molar refractivity (Wildman–Crippen MR) is 176 cm³/mol. The molecule has 1 aromatic heterocycles. The monoisotopic (exact) mass is 553 g/mol. The first-order valence-electron chi connectivity index (χ1n) is 14.5. The van der Waals surface area contributed by atoms with Gasteiger partial charge in [0.1, 0.15) is 22.8 Å². The second-order valence-corrected chi connectivity index (χ2v) is 10.6. The van der Waals surface area contributed by atoms with Gasteiger partial charge in [0.15, 0.2) is 6.17 Å². The SMILES string of the molecule is c1ccc(C2=NC(c3ccccc3-c3cccc4oc5ccc(-c6ccccc6)cc5c34)N=C(c3ccccc3)N2)cc1. The first-order chi connectivity index (χ1) is 21.3. The first-order valence-corrected chi connectivity index (χ1v) is 14.5. The largest absolute Gasteiger partial charge is 0.456 e. The van der Waals surface area contributed by atoms with Gasteiger partial charge in [0.25, 0.3) is 0 Å². The molecule has 4 nitrogen and oxygen atoms in total. The zero-order chi connectivity index (χ0) is 28.6. The Balaban J connectivity index is 1.32. The third-order valence-electron chi connectivity index (χ3n) is 7.97. The van der Waals surface area contributed by atoms with Gasteiger partial charge in [0.2, 0.25) is 0 Å². The number of aliphatic imine (C=N–C) groups is 2. The molecular weight excluding hydrogens is 526 g/mol. The third-order valence-corrected chi connectivity index (χ3v) is 7.97. The molecule has 0 unspecified atom stereocenters. The summed E-state index contributed by atoms with van der Waals surface area (Å²) >= 11 is 0. The standard InChI is InChI=1S/C39H27N3O/c1-4-13-26(14-5-1)29-23-24-34-33(25-29)36-31(21-12-22-35(36)43-34)30-19-10-11-20-32(30)39-41-37(27-15-6-2-7-16-27)40-38(42-39)28-17-8-3-9-18-28/h1-25,39H,(H,40,41,42). The van der Waals surface area contributed by atoms with Crippen LogP contribution >= 0.6 is 0 Å². The van der Waals surface area contributed by atoms with E-state index >= 15 is 0 Å². The van der Waals surface area contributed by atoms with Crippen LogP contribution in [0.15, 0.2) is 166 Å². The predicted octanol–water partition coefficient (Wildman–Crippen LogP) is 9.42. The number of hydrogen-bond donors (Lipinski definition) is 1. The van der Waals surface area contributed by atoms with Crippen molar-refractivity contribution in [1.29, 1.82) is 0 Å². The Hall–Kier alpha value is -5.74. The van der Waals surface area contributed by atoms with Gasteiger partial charge in [-0.15, -0.1) is 0 Å². The fourth-order valence-electron chi connectivity index (χ4n) is 5.90. The maximum Gasteiger partial charge on any atom is 0.170 e. The van der Waals surface area contributed by atoms with Gasteiger partial charge in [0, 0.05) is 27.5 Å². The van der Waals surface area contributed by atoms with E-state index in [1.807, 2.05) is 48.5 Å². The molecule has 0 saturated carbocycles. The van der Waals surface area contributed by atoms with E-state index in [1.54, 1.807) is 0 Å². The average molecular weight is 554 g/mol. The molecule has 0 radical (unpaired) electrons. The van der Waals surface area contributed by atoms with Crippen LogP contribution in [0.4, 0.5) is 0 Å². The van der Waals surface area contributed by atoms with Crippen LogP contribution in [0.5, 0.6) is 0 Å². The molecule has 7 aromatic rings. The zero-order valence-corrected chi connectivity index (χ0v) is 23.3. The van der Waals surface area contributed by atoms with E-state index in [0.717, 1.165) is 67.0 Å². The van der Waals surface area contributed by atoms with E-state index in [1.165, 1.54) is 5.56 Å². The molecule has 0 amide bonds. The molecule has 0 aliphatic carbocycles. The van der Waals surface area contributed by atoms with Crippen molar-refractivity contribution in [3.63, 3.8) is 0 Å². The van der Waals surface area contributed by atoms with Gasteiger partial charge in [-0.2, -0.15) is 0 Å². The van der Waals surface area contributed by atoms with E-state index in [9.17, 15) is 0 Å². The van der Waals surface area contributed by atoms with Crippen LogP contribution in [0, 0.1) is 0 Å². The Morgan fingerprint density at radius 3 is 1.72 bits per heavy atom. The van der Waals surface area contributed by atoms with Crippen LogP contribution in [-0.2, 0) is 0 Å².